The van der Waals surface area contributed by atoms with Crippen LogP contribution in [0.4, 0.5) is 0 Å². The van der Waals surface area contributed by atoms with Gasteiger partial charge in [0.1, 0.15) is 12.0 Å². The van der Waals surface area contributed by atoms with Gasteiger partial charge in [-0.2, -0.15) is 0 Å². The number of aliphatic hydroxyl groups is 1. The van der Waals surface area contributed by atoms with Crippen molar-refractivity contribution < 1.29 is 5.11 Å². The summed E-state index contributed by atoms with van der Waals surface area (Å²) in [5.74, 6) is 0.583. The zero-order valence-corrected chi connectivity index (χ0v) is 14.8. The van der Waals surface area contributed by atoms with E-state index >= 15 is 0 Å². The fraction of sp³-hybridized carbons (Fsp3) is 0.278. The lowest BCUT2D eigenvalue weighted by molar-refractivity contribution is 0.280. The normalized spacial score (nSPS) is 11.7. The van der Waals surface area contributed by atoms with Crippen LogP contribution in [0.15, 0.2) is 30.6 Å². The van der Waals surface area contributed by atoms with Crippen LogP contribution in [0.3, 0.4) is 0 Å². The zero-order chi connectivity index (χ0) is 17.6. The highest BCUT2D eigenvalue weighted by Gasteiger charge is 2.18. The molecule has 3 heterocycles. The third-order valence-corrected chi connectivity index (χ3v) is 4.93. The van der Waals surface area contributed by atoms with Gasteiger partial charge in [-0.3, -0.25) is 0 Å². The van der Waals surface area contributed by atoms with E-state index in [9.17, 15) is 0 Å². The molecular weight excluding hydrogens is 338 g/mol. The molecule has 6 nitrogen and oxygen atoms in total. The third-order valence-electron chi connectivity index (χ3n) is 4.60. The van der Waals surface area contributed by atoms with Crippen LogP contribution in [0.2, 0.25) is 5.02 Å². The molecule has 25 heavy (non-hydrogen) atoms. The Balaban J connectivity index is 1.97. The summed E-state index contributed by atoms with van der Waals surface area (Å²) in [4.78, 5) is 9.31. The summed E-state index contributed by atoms with van der Waals surface area (Å²) in [5, 5.41) is 15.3. The first kappa shape index (κ1) is 16.1. The zero-order valence-electron chi connectivity index (χ0n) is 14.1. The first-order valence-electron chi connectivity index (χ1n) is 8.18. The van der Waals surface area contributed by atoms with Gasteiger partial charge in [0.2, 0.25) is 0 Å². The first-order chi connectivity index (χ1) is 12.1. The Bertz CT molecular complexity index is 1080. The van der Waals surface area contributed by atoms with Gasteiger partial charge in [0.15, 0.2) is 11.5 Å². The van der Waals surface area contributed by atoms with Crippen LogP contribution < -0.4 is 0 Å². The van der Waals surface area contributed by atoms with Gasteiger partial charge in [-0.15, -0.1) is 5.10 Å². The molecule has 4 rings (SSSR count). The number of hydrogen-bond acceptors (Lipinski definition) is 4. The Labute approximate surface area is 149 Å². The number of hydrogen-bond donors (Lipinski definition) is 1. The smallest absolute Gasteiger partial charge is 0.183 e. The lowest BCUT2D eigenvalue weighted by Gasteiger charge is -2.05. The summed E-state index contributed by atoms with van der Waals surface area (Å²) in [7, 11) is 0. The van der Waals surface area contributed by atoms with Gasteiger partial charge in [0.05, 0.1) is 10.4 Å². The minimum absolute atomic E-state index is 0.155. The van der Waals surface area contributed by atoms with Crippen molar-refractivity contribution in [2.45, 2.75) is 26.8 Å². The molecule has 4 aromatic rings. The Morgan fingerprint density at radius 2 is 1.96 bits per heavy atom. The number of rotatable bonds is 4. The molecule has 0 spiro atoms. The highest BCUT2D eigenvalue weighted by Crippen LogP contribution is 2.30. The molecule has 0 fully saturated rings. The van der Waals surface area contributed by atoms with E-state index in [1.54, 1.807) is 10.8 Å². The molecule has 0 bridgehead atoms. The Morgan fingerprint density at radius 3 is 2.72 bits per heavy atom. The van der Waals surface area contributed by atoms with E-state index in [0.29, 0.717) is 17.3 Å². The van der Waals surface area contributed by atoms with Gasteiger partial charge in [-0.1, -0.05) is 23.7 Å². The summed E-state index contributed by atoms with van der Waals surface area (Å²) < 4.78 is 3.83. The van der Waals surface area contributed by atoms with Gasteiger partial charge >= 0.3 is 0 Å². The van der Waals surface area contributed by atoms with Gasteiger partial charge < -0.3 is 9.67 Å². The predicted molar refractivity (Wildman–Crippen MR) is 97.9 cm³/mol. The van der Waals surface area contributed by atoms with Gasteiger partial charge in [-0.25, -0.2) is 14.5 Å². The molecule has 0 aliphatic rings. The van der Waals surface area contributed by atoms with E-state index in [2.05, 4.69) is 28.5 Å². The molecule has 7 heteroatoms. The minimum Gasteiger partial charge on any atom is -0.396 e. The van der Waals surface area contributed by atoms with Crippen LogP contribution in [0.5, 0.6) is 0 Å². The average Bonchev–Trinajstić information content (AvgIpc) is 3.14. The number of nitrogens with zero attached hydrogens (tertiary/aromatic N) is 5. The summed E-state index contributed by atoms with van der Waals surface area (Å²) in [6, 6.07) is 7.54. The Morgan fingerprint density at radius 1 is 1.16 bits per heavy atom. The molecule has 0 atom stereocenters. The van der Waals surface area contributed by atoms with Crippen molar-refractivity contribution in [1.29, 1.82) is 0 Å². The highest BCUT2D eigenvalue weighted by molar-refractivity contribution is 6.33. The maximum Gasteiger partial charge on any atom is 0.183 e. The van der Waals surface area contributed by atoms with Crippen LogP contribution in [-0.4, -0.2) is 35.9 Å². The molecule has 0 radical (unpaired) electrons. The monoisotopic (exact) mass is 355 g/mol. The molecule has 1 aromatic carbocycles. The van der Waals surface area contributed by atoms with Crippen molar-refractivity contribution in [3.8, 4) is 11.4 Å². The van der Waals surface area contributed by atoms with Crippen LogP contribution in [0.1, 0.15) is 17.7 Å². The van der Waals surface area contributed by atoms with E-state index in [1.165, 1.54) is 0 Å². The van der Waals surface area contributed by atoms with E-state index in [1.807, 2.05) is 24.3 Å². The van der Waals surface area contributed by atoms with Gasteiger partial charge in [-0.05, 0) is 38.0 Å². The standard InChI is InChI=1S/C18H18ClN5O/c1-11-12(2)23(8-5-9-25)17-15(11)18-21-16(22-24(18)10-20-17)13-6-3-4-7-14(13)19/h3-4,6-7,10,25H,5,8-9H2,1-2H3. The average molecular weight is 356 g/mol. The number of benzene rings is 1. The van der Waals surface area contributed by atoms with Crippen molar-refractivity contribution >= 4 is 28.3 Å². The molecule has 0 saturated heterocycles. The van der Waals surface area contributed by atoms with Crippen LogP contribution >= 0.6 is 11.6 Å². The SMILES string of the molecule is Cc1c(C)n(CCCO)c2ncn3nc(-c4ccccc4Cl)nc3c12. The molecule has 128 valence electrons. The van der Waals surface area contributed by atoms with Crippen molar-refractivity contribution in [3.63, 3.8) is 0 Å². The highest BCUT2D eigenvalue weighted by atomic mass is 35.5. The van der Waals surface area contributed by atoms with Gasteiger partial charge in [0.25, 0.3) is 0 Å². The molecule has 0 aliphatic carbocycles. The fourth-order valence-corrected chi connectivity index (χ4v) is 3.41. The summed E-state index contributed by atoms with van der Waals surface area (Å²) >= 11 is 6.29. The number of aryl methyl sites for hydroxylation is 2. The Kier molecular flexibility index (Phi) is 3.94. The molecule has 0 aliphatic heterocycles. The summed E-state index contributed by atoms with van der Waals surface area (Å²) in [5.41, 5.74) is 4.70. The van der Waals surface area contributed by atoms with Crippen LogP contribution in [0.25, 0.3) is 28.1 Å². The third kappa shape index (κ3) is 2.49. The van der Waals surface area contributed by atoms with E-state index in [4.69, 9.17) is 21.7 Å². The maximum absolute atomic E-state index is 9.15. The number of halogens is 1. The largest absolute Gasteiger partial charge is 0.396 e. The minimum atomic E-state index is 0.155. The van der Waals surface area contributed by atoms with Gasteiger partial charge in [0, 0.05) is 24.4 Å². The molecule has 0 amide bonds. The molecule has 0 unspecified atom stereocenters. The summed E-state index contributed by atoms with van der Waals surface area (Å²) in [6.45, 7) is 5.01. The van der Waals surface area contributed by atoms with Crippen LogP contribution in [0, 0.1) is 13.8 Å². The predicted octanol–water partition coefficient (Wildman–Crippen LogP) is 3.40. The van der Waals surface area contributed by atoms with Crippen molar-refractivity contribution in [2.75, 3.05) is 6.61 Å². The van der Waals surface area contributed by atoms with E-state index in [-0.39, 0.29) is 6.61 Å². The maximum atomic E-state index is 9.15. The summed E-state index contributed by atoms with van der Waals surface area (Å²) in [6.07, 6.45) is 2.37. The molecule has 0 saturated carbocycles. The van der Waals surface area contributed by atoms with Crippen LogP contribution in [-0.2, 0) is 6.54 Å². The van der Waals surface area contributed by atoms with Crippen molar-refractivity contribution in [1.82, 2.24) is 24.1 Å². The Hall–Kier alpha value is -2.44. The lowest BCUT2D eigenvalue weighted by atomic mass is 10.2. The van der Waals surface area contributed by atoms with Crippen molar-refractivity contribution in [3.05, 3.63) is 46.9 Å². The second kappa shape index (κ2) is 6.13. The lowest BCUT2D eigenvalue weighted by Crippen LogP contribution is -2.03. The quantitative estimate of drug-likeness (QED) is 0.609. The fourth-order valence-electron chi connectivity index (χ4n) is 3.19. The molecule has 1 N–H and O–H groups in total. The van der Waals surface area contributed by atoms with E-state index < -0.39 is 0 Å². The van der Waals surface area contributed by atoms with E-state index in [0.717, 1.165) is 40.0 Å². The first-order valence-corrected chi connectivity index (χ1v) is 8.56. The topological polar surface area (TPSA) is 68.2 Å². The van der Waals surface area contributed by atoms with Crippen molar-refractivity contribution in [2.24, 2.45) is 0 Å². The molecule has 3 aromatic heterocycles. The number of aliphatic hydroxyl groups excluding tert-OH is 1. The number of aromatic nitrogens is 5. The number of fused-ring (bicyclic) bond motifs is 3. The molecular formula is C18H18ClN5O. The second-order valence-electron chi connectivity index (χ2n) is 6.07. The second-order valence-corrected chi connectivity index (χ2v) is 6.47.